The van der Waals surface area contributed by atoms with Gasteiger partial charge in [0.1, 0.15) is 0 Å². The van der Waals surface area contributed by atoms with Crippen molar-refractivity contribution in [3.8, 4) is 0 Å². The van der Waals surface area contributed by atoms with Crippen molar-refractivity contribution < 1.29 is 9.90 Å². The van der Waals surface area contributed by atoms with E-state index in [1.807, 2.05) is 25.3 Å². The molecule has 2 atom stereocenters. The van der Waals surface area contributed by atoms with E-state index in [1.54, 1.807) is 0 Å². The Morgan fingerprint density at radius 3 is 3.00 bits per heavy atom. The number of hydrogen-bond acceptors (Lipinski definition) is 1. The van der Waals surface area contributed by atoms with Gasteiger partial charge >= 0.3 is 102 Å². The summed E-state index contributed by atoms with van der Waals surface area (Å²) in [4.78, 5) is 14.0. The molecule has 3 nitrogen and oxygen atoms in total. The Labute approximate surface area is 102 Å². The Bertz CT molecular complexity index is 533. The summed E-state index contributed by atoms with van der Waals surface area (Å²) in [5, 5.41) is 10.1. The van der Waals surface area contributed by atoms with Crippen LogP contribution in [-0.4, -0.2) is 32.9 Å². The summed E-state index contributed by atoms with van der Waals surface area (Å²) in [5.74, 6) is -0.720. The maximum absolute atomic E-state index is 10.8. The zero-order chi connectivity index (χ0) is 11.7. The minimum atomic E-state index is -0.720. The maximum atomic E-state index is 10.8. The molecule has 1 aromatic heterocycles. The SMILES string of the molecule is Cc1ccc2[nH]cc(CC([AsH2])C(=O)O)c2c1. The number of aryl methyl sites for hydroxylation is 1. The molecule has 0 saturated carbocycles. The van der Waals surface area contributed by atoms with E-state index in [-0.39, 0.29) is 4.71 Å². The molecule has 2 aromatic rings. The van der Waals surface area contributed by atoms with Crippen LogP contribution in [0.4, 0.5) is 0 Å². The fourth-order valence-electron chi connectivity index (χ4n) is 1.79. The van der Waals surface area contributed by atoms with Gasteiger partial charge in [0.05, 0.1) is 0 Å². The van der Waals surface area contributed by atoms with Gasteiger partial charge in [-0.05, 0) is 0 Å². The number of aromatic nitrogens is 1. The van der Waals surface area contributed by atoms with Crippen LogP contribution >= 0.6 is 0 Å². The van der Waals surface area contributed by atoms with Crippen LogP contribution in [0.2, 0.25) is 4.71 Å². The number of aromatic amines is 1. The topological polar surface area (TPSA) is 53.1 Å². The van der Waals surface area contributed by atoms with Crippen LogP contribution in [0.15, 0.2) is 24.4 Å². The van der Waals surface area contributed by atoms with E-state index in [9.17, 15) is 4.79 Å². The molecule has 0 aliphatic heterocycles. The Morgan fingerprint density at radius 1 is 1.56 bits per heavy atom. The standard InChI is InChI=1S/C12H14AsNO2/c1-7-2-3-11-9(4-7)8(6-14-11)5-10(13)12(15)16/h2-4,6,10,14H,5,13H2,1H3,(H,15,16). The van der Waals surface area contributed by atoms with E-state index in [0.29, 0.717) is 6.42 Å². The fourth-order valence-corrected chi connectivity index (χ4v) is 2.32. The van der Waals surface area contributed by atoms with Gasteiger partial charge in [-0.1, -0.05) is 0 Å². The Kier molecular flexibility index (Phi) is 3.06. The van der Waals surface area contributed by atoms with Crippen molar-refractivity contribution in [2.24, 2.45) is 0 Å². The molecule has 4 heteroatoms. The van der Waals surface area contributed by atoms with Crippen LogP contribution in [0.3, 0.4) is 0 Å². The molecule has 2 N–H and O–H groups in total. The predicted octanol–water partition coefficient (Wildman–Crippen LogP) is 1.53. The number of H-pyrrole nitrogens is 1. The third-order valence-electron chi connectivity index (χ3n) is 2.68. The van der Waals surface area contributed by atoms with E-state index in [1.165, 1.54) is 22.4 Å². The summed E-state index contributed by atoms with van der Waals surface area (Å²) < 4.78 is -0.285. The Balaban J connectivity index is 2.37. The van der Waals surface area contributed by atoms with Gasteiger partial charge in [0, 0.05) is 0 Å². The molecule has 1 aromatic carbocycles. The van der Waals surface area contributed by atoms with Crippen molar-refractivity contribution in [1.82, 2.24) is 4.98 Å². The molecule has 0 saturated heterocycles. The van der Waals surface area contributed by atoms with Crippen molar-refractivity contribution in [3.63, 3.8) is 0 Å². The van der Waals surface area contributed by atoms with E-state index in [2.05, 4.69) is 11.1 Å². The van der Waals surface area contributed by atoms with E-state index >= 15 is 0 Å². The number of aliphatic carboxylic acids is 1. The van der Waals surface area contributed by atoms with Crippen molar-refractivity contribution in [3.05, 3.63) is 35.5 Å². The molecular weight excluding hydrogens is 265 g/mol. The number of carbonyl (C=O) groups is 1. The molecule has 2 unspecified atom stereocenters. The number of hydrogen-bond donors (Lipinski definition) is 2. The molecule has 16 heavy (non-hydrogen) atoms. The molecular formula is C12H14AsNO2. The molecule has 0 fully saturated rings. The first-order valence-electron chi connectivity index (χ1n) is 5.13. The summed E-state index contributed by atoms with van der Waals surface area (Å²) >= 11 is 1.26. The second-order valence-electron chi connectivity index (χ2n) is 4.01. The molecule has 0 amide bonds. The van der Waals surface area contributed by atoms with Crippen molar-refractivity contribution in [2.75, 3.05) is 0 Å². The van der Waals surface area contributed by atoms with Crippen LogP contribution in [0, 0.1) is 6.92 Å². The Morgan fingerprint density at radius 2 is 2.31 bits per heavy atom. The molecule has 0 aliphatic rings. The van der Waals surface area contributed by atoms with Crippen molar-refractivity contribution in [1.29, 1.82) is 0 Å². The van der Waals surface area contributed by atoms with Gasteiger partial charge in [-0.25, -0.2) is 0 Å². The second-order valence-corrected chi connectivity index (χ2v) is 5.70. The van der Waals surface area contributed by atoms with Crippen LogP contribution in [0.5, 0.6) is 0 Å². The zero-order valence-corrected chi connectivity index (χ0v) is 11.4. The fraction of sp³-hybridized carbons (Fsp3) is 0.250. The number of benzene rings is 1. The van der Waals surface area contributed by atoms with Crippen molar-refractivity contribution >= 4 is 33.7 Å². The molecule has 0 aliphatic carbocycles. The molecule has 0 bridgehead atoms. The first kappa shape index (κ1) is 11.3. The molecule has 0 spiro atoms. The average Bonchev–Trinajstić information content (AvgIpc) is 2.61. The van der Waals surface area contributed by atoms with Gasteiger partial charge in [-0.2, -0.15) is 0 Å². The monoisotopic (exact) mass is 279 g/mol. The molecule has 2 rings (SSSR count). The summed E-state index contributed by atoms with van der Waals surface area (Å²) in [6.07, 6.45) is 2.51. The average molecular weight is 279 g/mol. The van der Waals surface area contributed by atoms with Crippen LogP contribution in [-0.2, 0) is 11.2 Å². The summed E-state index contributed by atoms with van der Waals surface area (Å²) in [5.41, 5.74) is 3.36. The third-order valence-corrected chi connectivity index (χ3v) is 3.77. The molecule has 1 heterocycles. The van der Waals surface area contributed by atoms with Gasteiger partial charge in [0.15, 0.2) is 0 Å². The van der Waals surface area contributed by atoms with Crippen LogP contribution in [0.1, 0.15) is 11.1 Å². The predicted molar refractivity (Wildman–Crippen MR) is 66.7 cm³/mol. The van der Waals surface area contributed by atoms with Crippen molar-refractivity contribution in [2.45, 2.75) is 18.1 Å². The van der Waals surface area contributed by atoms with Gasteiger partial charge in [0.2, 0.25) is 0 Å². The number of carboxylic acids is 1. The minimum absolute atomic E-state index is 0.285. The number of carboxylic acid groups (broad SMARTS) is 1. The Hall–Kier alpha value is -1.21. The summed E-state index contributed by atoms with van der Waals surface area (Å²) in [7, 11) is 0. The second kappa shape index (κ2) is 4.34. The van der Waals surface area contributed by atoms with Gasteiger partial charge in [-0.3, -0.25) is 0 Å². The zero-order valence-electron chi connectivity index (χ0n) is 9.03. The number of rotatable bonds is 3. The van der Waals surface area contributed by atoms with Gasteiger partial charge in [0.25, 0.3) is 0 Å². The van der Waals surface area contributed by atoms with Gasteiger partial charge < -0.3 is 0 Å². The molecule has 0 radical (unpaired) electrons. The van der Waals surface area contributed by atoms with Crippen LogP contribution in [0.25, 0.3) is 10.9 Å². The summed E-state index contributed by atoms with van der Waals surface area (Å²) in [6.45, 7) is 2.04. The molecule has 84 valence electrons. The first-order valence-corrected chi connectivity index (χ1v) is 6.53. The van der Waals surface area contributed by atoms with E-state index in [0.717, 1.165) is 16.5 Å². The normalized spacial score (nSPS) is 12.9. The van der Waals surface area contributed by atoms with Gasteiger partial charge in [-0.15, -0.1) is 0 Å². The van der Waals surface area contributed by atoms with Crippen LogP contribution < -0.4 is 0 Å². The number of fused-ring (bicyclic) bond motifs is 1. The quantitative estimate of drug-likeness (QED) is 0.837. The summed E-state index contributed by atoms with van der Waals surface area (Å²) in [6, 6.07) is 6.18. The first-order chi connectivity index (χ1) is 7.58. The van der Waals surface area contributed by atoms with E-state index < -0.39 is 5.97 Å². The third kappa shape index (κ3) is 2.14. The number of nitrogens with one attached hydrogen (secondary N) is 1. The van der Waals surface area contributed by atoms with E-state index in [4.69, 9.17) is 5.11 Å².